The van der Waals surface area contributed by atoms with Crippen LogP contribution >= 0.6 is 11.3 Å². The maximum Gasteiger partial charge on any atom is 0.311 e. The summed E-state index contributed by atoms with van der Waals surface area (Å²) in [6, 6.07) is 0. The molecule has 0 atom stereocenters. The fourth-order valence-electron chi connectivity index (χ4n) is 1.38. The minimum absolute atomic E-state index is 0.215. The Morgan fingerprint density at radius 1 is 1.61 bits per heavy atom. The Morgan fingerprint density at radius 2 is 2.50 bits per heavy atom. The zero-order valence-corrected chi connectivity index (χ0v) is 10.8. The molecule has 2 aromatic rings. The van der Waals surface area contributed by atoms with Gasteiger partial charge in [0, 0.05) is 17.8 Å². The molecule has 0 saturated heterocycles. The summed E-state index contributed by atoms with van der Waals surface area (Å²) in [4.78, 5) is 22.7. The van der Waals surface area contributed by atoms with Crippen molar-refractivity contribution >= 4 is 22.4 Å². The number of rotatable bonds is 6. The molecule has 0 aliphatic carbocycles. The number of esters is 1. The standard InChI is InChI=1S/C11H14N4O2S/c1-2-17-10(16)5-8-7-18-11(15-8)14-6-9-12-3-4-13-9/h3-4,7H,2,5-6H2,1H3,(H,12,13)(H,14,15). The lowest BCUT2D eigenvalue weighted by Gasteiger charge is -1.99. The van der Waals surface area contributed by atoms with Crippen LogP contribution in [-0.2, 0) is 22.5 Å². The number of H-pyrrole nitrogens is 1. The minimum Gasteiger partial charge on any atom is -0.466 e. The Morgan fingerprint density at radius 3 is 3.22 bits per heavy atom. The summed E-state index contributed by atoms with van der Waals surface area (Å²) in [5, 5.41) is 5.75. The molecule has 0 fully saturated rings. The maximum atomic E-state index is 11.3. The highest BCUT2D eigenvalue weighted by atomic mass is 32.1. The molecule has 0 radical (unpaired) electrons. The minimum atomic E-state index is -0.250. The molecule has 0 spiro atoms. The van der Waals surface area contributed by atoms with Crippen LogP contribution < -0.4 is 5.32 Å². The van der Waals surface area contributed by atoms with E-state index in [1.807, 2.05) is 5.38 Å². The summed E-state index contributed by atoms with van der Waals surface area (Å²) >= 11 is 1.46. The van der Waals surface area contributed by atoms with Gasteiger partial charge >= 0.3 is 5.97 Å². The predicted octanol–water partition coefficient (Wildman–Crippen LogP) is 1.58. The fourth-order valence-corrected chi connectivity index (χ4v) is 2.09. The highest BCUT2D eigenvalue weighted by Crippen LogP contribution is 2.16. The normalized spacial score (nSPS) is 10.3. The van der Waals surface area contributed by atoms with Crippen molar-refractivity contribution in [2.24, 2.45) is 0 Å². The summed E-state index contributed by atoms with van der Waals surface area (Å²) in [6.45, 7) is 2.77. The summed E-state index contributed by atoms with van der Waals surface area (Å²) in [7, 11) is 0. The molecule has 18 heavy (non-hydrogen) atoms. The van der Waals surface area contributed by atoms with Crippen molar-refractivity contribution in [3.8, 4) is 0 Å². The van der Waals surface area contributed by atoms with Gasteiger partial charge in [-0.1, -0.05) is 0 Å². The predicted molar refractivity (Wildman–Crippen MR) is 68.4 cm³/mol. The Bertz CT molecular complexity index is 495. The van der Waals surface area contributed by atoms with E-state index in [4.69, 9.17) is 4.74 Å². The zero-order valence-electron chi connectivity index (χ0n) is 9.97. The molecule has 6 nitrogen and oxygen atoms in total. The second kappa shape index (κ2) is 6.15. The molecule has 2 aromatic heterocycles. The molecular formula is C11H14N4O2S. The number of hydrogen-bond acceptors (Lipinski definition) is 6. The van der Waals surface area contributed by atoms with Crippen LogP contribution in [-0.4, -0.2) is 27.5 Å². The lowest BCUT2D eigenvalue weighted by atomic mass is 10.3. The van der Waals surface area contributed by atoms with Crippen molar-refractivity contribution in [2.45, 2.75) is 19.9 Å². The number of anilines is 1. The average Bonchev–Trinajstić information content (AvgIpc) is 2.97. The first-order chi connectivity index (χ1) is 8.78. The maximum absolute atomic E-state index is 11.3. The smallest absolute Gasteiger partial charge is 0.311 e. The van der Waals surface area contributed by atoms with Gasteiger partial charge in [0.1, 0.15) is 5.82 Å². The largest absolute Gasteiger partial charge is 0.466 e. The number of carbonyl (C=O) groups is 1. The number of aromatic nitrogens is 3. The van der Waals surface area contributed by atoms with E-state index in [0.717, 1.165) is 16.6 Å². The van der Waals surface area contributed by atoms with Gasteiger partial charge in [0.25, 0.3) is 0 Å². The summed E-state index contributed by atoms with van der Waals surface area (Å²) < 4.78 is 4.86. The number of imidazole rings is 1. The SMILES string of the molecule is CCOC(=O)Cc1csc(NCc2ncc[nH]2)n1. The van der Waals surface area contributed by atoms with Crippen molar-refractivity contribution in [2.75, 3.05) is 11.9 Å². The fraction of sp³-hybridized carbons (Fsp3) is 0.364. The molecule has 0 aliphatic heterocycles. The molecule has 2 rings (SSSR count). The van der Waals surface area contributed by atoms with E-state index in [-0.39, 0.29) is 12.4 Å². The van der Waals surface area contributed by atoms with Gasteiger partial charge in [0.05, 0.1) is 25.3 Å². The molecule has 0 saturated carbocycles. The van der Waals surface area contributed by atoms with Crippen molar-refractivity contribution in [1.29, 1.82) is 0 Å². The molecule has 0 unspecified atom stereocenters. The van der Waals surface area contributed by atoms with Crippen LogP contribution in [0.25, 0.3) is 0 Å². The van der Waals surface area contributed by atoms with E-state index in [1.54, 1.807) is 19.3 Å². The van der Waals surface area contributed by atoms with Crippen molar-refractivity contribution in [3.63, 3.8) is 0 Å². The van der Waals surface area contributed by atoms with Crippen LogP contribution in [0.1, 0.15) is 18.4 Å². The average molecular weight is 266 g/mol. The highest BCUT2D eigenvalue weighted by Gasteiger charge is 2.08. The summed E-state index contributed by atoms with van der Waals surface area (Å²) in [5.41, 5.74) is 0.723. The number of nitrogens with zero attached hydrogens (tertiary/aromatic N) is 2. The van der Waals surface area contributed by atoms with Crippen molar-refractivity contribution in [1.82, 2.24) is 15.0 Å². The lowest BCUT2D eigenvalue weighted by Crippen LogP contribution is -2.08. The third-order valence-electron chi connectivity index (χ3n) is 2.14. The Balaban J connectivity index is 1.84. The van der Waals surface area contributed by atoms with Crippen LogP contribution in [0.15, 0.2) is 17.8 Å². The van der Waals surface area contributed by atoms with Gasteiger partial charge in [-0.15, -0.1) is 11.3 Å². The van der Waals surface area contributed by atoms with E-state index >= 15 is 0 Å². The summed E-state index contributed by atoms with van der Waals surface area (Å²) in [6.07, 6.45) is 3.68. The number of thiazole rings is 1. The Labute approximate surface area is 108 Å². The van der Waals surface area contributed by atoms with Crippen molar-refractivity contribution in [3.05, 3.63) is 29.3 Å². The quantitative estimate of drug-likeness (QED) is 0.776. The number of hydrogen-bond donors (Lipinski definition) is 2. The van der Waals surface area contributed by atoms with Gasteiger partial charge < -0.3 is 15.0 Å². The first-order valence-electron chi connectivity index (χ1n) is 5.60. The molecule has 7 heteroatoms. The van der Waals surface area contributed by atoms with Gasteiger partial charge in [-0.05, 0) is 6.92 Å². The molecule has 0 aromatic carbocycles. The van der Waals surface area contributed by atoms with Crippen LogP contribution in [0, 0.1) is 0 Å². The lowest BCUT2D eigenvalue weighted by molar-refractivity contribution is -0.142. The molecular weight excluding hydrogens is 252 g/mol. The van der Waals surface area contributed by atoms with Gasteiger partial charge in [0.2, 0.25) is 0 Å². The van der Waals surface area contributed by atoms with Gasteiger partial charge in [-0.2, -0.15) is 0 Å². The molecule has 96 valence electrons. The molecule has 2 heterocycles. The van der Waals surface area contributed by atoms with E-state index in [2.05, 4.69) is 20.3 Å². The molecule has 0 aliphatic rings. The Hall–Kier alpha value is -1.89. The number of aromatic amines is 1. The van der Waals surface area contributed by atoms with Gasteiger partial charge in [-0.25, -0.2) is 9.97 Å². The van der Waals surface area contributed by atoms with Gasteiger partial charge in [-0.3, -0.25) is 4.79 Å². The van der Waals surface area contributed by atoms with Crippen LogP contribution in [0.4, 0.5) is 5.13 Å². The second-order valence-corrected chi connectivity index (χ2v) is 4.37. The highest BCUT2D eigenvalue weighted by molar-refractivity contribution is 7.13. The monoisotopic (exact) mass is 266 g/mol. The van der Waals surface area contributed by atoms with E-state index in [0.29, 0.717) is 13.2 Å². The van der Waals surface area contributed by atoms with Crippen LogP contribution in [0.2, 0.25) is 0 Å². The first-order valence-corrected chi connectivity index (χ1v) is 6.48. The van der Waals surface area contributed by atoms with E-state index < -0.39 is 0 Å². The molecule has 2 N–H and O–H groups in total. The van der Waals surface area contributed by atoms with Crippen LogP contribution in [0.5, 0.6) is 0 Å². The Kier molecular flexibility index (Phi) is 4.30. The van der Waals surface area contributed by atoms with Crippen molar-refractivity contribution < 1.29 is 9.53 Å². The van der Waals surface area contributed by atoms with Crippen LogP contribution in [0.3, 0.4) is 0 Å². The van der Waals surface area contributed by atoms with E-state index in [1.165, 1.54) is 11.3 Å². The first kappa shape index (κ1) is 12.6. The number of ether oxygens (including phenoxy) is 1. The third-order valence-corrected chi connectivity index (χ3v) is 2.99. The summed E-state index contributed by atoms with van der Waals surface area (Å²) in [5.74, 6) is 0.595. The van der Waals surface area contributed by atoms with Gasteiger partial charge in [0.15, 0.2) is 5.13 Å². The molecule has 0 bridgehead atoms. The zero-order chi connectivity index (χ0) is 12.8. The second-order valence-electron chi connectivity index (χ2n) is 3.52. The van der Waals surface area contributed by atoms with E-state index in [9.17, 15) is 4.79 Å². The number of carbonyl (C=O) groups excluding carboxylic acids is 1. The third kappa shape index (κ3) is 3.56. The number of nitrogens with one attached hydrogen (secondary N) is 2. The topological polar surface area (TPSA) is 79.9 Å². The molecule has 0 amide bonds.